The van der Waals surface area contributed by atoms with Gasteiger partial charge < -0.3 is 15.5 Å². The lowest BCUT2D eigenvalue weighted by atomic mass is 9.91. The van der Waals surface area contributed by atoms with Gasteiger partial charge in [-0.05, 0) is 61.4 Å². The highest BCUT2D eigenvalue weighted by molar-refractivity contribution is 5.92. The van der Waals surface area contributed by atoms with Crippen molar-refractivity contribution in [3.63, 3.8) is 0 Å². The molecule has 1 aliphatic heterocycles. The third-order valence-electron chi connectivity index (χ3n) is 7.46. The van der Waals surface area contributed by atoms with Gasteiger partial charge in [0, 0.05) is 31.2 Å². The first-order chi connectivity index (χ1) is 16.0. The van der Waals surface area contributed by atoms with Crippen LogP contribution >= 0.6 is 0 Å². The summed E-state index contributed by atoms with van der Waals surface area (Å²) >= 11 is 0. The van der Waals surface area contributed by atoms with Crippen molar-refractivity contribution in [3.8, 4) is 0 Å². The fourth-order valence-electron chi connectivity index (χ4n) is 5.53. The number of carbonyl (C=O) groups is 2. The maximum absolute atomic E-state index is 13.2. The molecule has 1 saturated heterocycles. The van der Waals surface area contributed by atoms with Crippen molar-refractivity contribution in [2.75, 3.05) is 18.4 Å². The molecule has 6 heteroatoms. The van der Waals surface area contributed by atoms with Crippen LogP contribution in [0.25, 0.3) is 6.08 Å². The first-order valence-electron chi connectivity index (χ1n) is 12.1. The van der Waals surface area contributed by atoms with E-state index in [0.29, 0.717) is 12.4 Å². The maximum Gasteiger partial charge on any atom is 0.243 e. The lowest BCUT2D eigenvalue weighted by Gasteiger charge is -2.44. The van der Waals surface area contributed by atoms with Crippen molar-refractivity contribution in [2.45, 2.75) is 57.0 Å². The lowest BCUT2D eigenvalue weighted by Crippen LogP contribution is -2.66. The minimum atomic E-state index is -0.321. The van der Waals surface area contributed by atoms with E-state index in [-0.39, 0.29) is 29.3 Å². The summed E-state index contributed by atoms with van der Waals surface area (Å²) in [5, 5.41) is 6.46. The third kappa shape index (κ3) is 4.44. The van der Waals surface area contributed by atoms with Crippen LogP contribution in [0.1, 0.15) is 49.3 Å². The number of piperazine rings is 1. The van der Waals surface area contributed by atoms with Crippen LogP contribution in [0.3, 0.4) is 0 Å². The van der Waals surface area contributed by atoms with Gasteiger partial charge in [-0.1, -0.05) is 49.3 Å². The summed E-state index contributed by atoms with van der Waals surface area (Å²) < 4.78 is 0. The third-order valence-corrected chi connectivity index (χ3v) is 7.46. The second-order valence-electron chi connectivity index (χ2n) is 9.72. The number of hydrogen-bond acceptors (Lipinski definition) is 4. The summed E-state index contributed by atoms with van der Waals surface area (Å²) in [6.07, 6.45) is 11.6. The molecule has 2 atom stereocenters. The number of hydrogen-bond donors (Lipinski definition) is 2. The van der Waals surface area contributed by atoms with E-state index in [1.165, 1.54) is 11.1 Å². The molecule has 2 N–H and O–H groups in total. The highest BCUT2D eigenvalue weighted by Gasteiger charge is 2.47. The van der Waals surface area contributed by atoms with E-state index < -0.39 is 0 Å². The Bertz CT molecular complexity index is 1060. The van der Waals surface area contributed by atoms with Gasteiger partial charge in [-0.2, -0.15) is 0 Å². The fourth-order valence-corrected chi connectivity index (χ4v) is 5.53. The number of rotatable bonds is 5. The summed E-state index contributed by atoms with van der Waals surface area (Å²) in [5.74, 6) is 0.814. The standard InChI is InChI=1S/C27H32N4O2/c1-19-18-29-27(11-3-4-12-27)26(33)31(19)14-6-7-20-9-10-21-16-23(17-22(21)15-20)25(32)30-24-8-2-5-13-28-24/h2,5-10,13,15,19,23,29H,3-4,11-12,14,16-18H2,1H3,(H,28,30,32)/b7-6+. The number of aromatic nitrogens is 1. The quantitative estimate of drug-likeness (QED) is 0.739. The molecule has 1 aromatic heterocycles. The van der Waals surface area contributed by atoms with Gasteiger partial charge in [0.05, 0.1) is 5.54 Å². The predicted octanol–water partition coefficient (Wildman–Crippen LogP) is 3.58. The van der Waals surface area contributed by atoms with Crippen LogP contribution in [-0.4, -0.2) is 46.4 Å². The van der Waals surface area contributed by atoms with E-state index in [9.17, 15) is 9.59 Å². The average Bonchev–Trinajstić information content (AvgIpc) is 3.47. The van der Waals surface area contributed by atoms with Gasteiger partial charge in [-0.25, -0.2) is 4.98 Å². The molecule has 1 aromatic carbocycles. The molecule has 5 rings (SSSR count). The van der Waals surface area contributed by atoms with Crippen LogP contribution in [0.5, 0.6) is 0 Å². The van der Waals surface area contributed by atoms with Crippen LogP contribution in [-0.2, 0) is 22.4 Å². The summed E-state index contributed by atoms with van der Waals surface area (Å²) in [6, 6.07) is 12.1. The SMILES string of the molecule is CC1CNC2(CCCC2)C(=O)N1C/C=C/c1ccc2c(c1)CC(C(=O)Nc1ccccn1)C2. The van der Waals surface area contributed by atoms with E-state index in [4.69, 9.17) is 0 Å². The highest BCUT2D eigenvalue weighted by atomic mass is 16.2. The van der Waals surface area contributed by atoms with E-state index in [0.717, 1.165) is 50.6 Å². The van der Waals surface area contributed by atoms with Gasteiger partial charge in [-0.15, -0.1) is 0 Å². The van der Waals surface area contributed by atoms with Crippen molar-refractivity contribution in [1.29, 1.82) is 0 Å². The van der Waals surface area contributed by atoms with Gasteiger partial charge >= 0.3 is 0 Å². The number of benzene rings is 1. The molecule has 0 bridgehead atoms. The number of amides is 2. The number of carbonyl (C=O) groups excluding carboxylic acids is 2. The molecule has 0 radical (unpaired) electrons. The van der Waals surface area contributed by atoms with Gasteiger partial charge in [0.15, 0.2) is 0 Å². The van der Waals surface area contributed by atoms with E-state index >= 15 is 0 Å². The molecule has 2 aliphatic carbocycles. The van der Waals surface area contributed by atoms with Crippen LogP contribution in [0.2, 0.25) is 0 Å². The molecule has 1 saturated carbocycles. The zero-order valence-corrected chi connectivity index (χ0v) is 19.2. The monoisotopic (exact) mass is 444 g/mol. The van der Waals surface area contributed by atoms with E-state index in [1.807, 2.05) is 17.0 Å². The molecular formula is C27H32N4O2. The number of pyridine rings is 1. The van der Waals surface area contributed by atoms with E-state index in [1.54, 1.807) is 12.3 Å². The van der Waals surface area contributed by atoms with Gasteiger partial charge in [0.25, 0.3) is 0 Å². The summed E-state index contributed by atoms with van der Waals surface area (Å²) in [5.41, 5.74) is 3.27. The van der Waals surface area contributed by atoms with Crippen LogP contribution in [0.15, 0.2) is 48.7 Å². The molecule has 2 unspecified atom stereocenters. The number of anilines is 1. The molecule has 3 aliphatic rings. The molecule has 2 aromatic rings. The largest absolute Gasteiger partial charge is 0.333 e. The Morgan fingerprint density at radius 2 is 2.03 bits per heavy atom. The van der Waals surface area contributed by atoms with Crippen LogP contribution in [0.4, 0.5) is 5.82 Å². The van der Waals surface area contributed by atoms with Gasteiger partial charge in [-0.3, -0.25) is 9.59 Å². The fraction of sp³-hybridized carbons (Fsp3) is 0.444. The van der Waals surface area contributed by atoms with Gasteiger partial charge in [0.1, 0.15) is 5.82 Å². The first-order valence-corrected chi connectivity index (χ1v) is 12.1. The second-order valence-corrected chi connectivity index (χ2v) is 9.72. The highest BCUT2D eigenvalue weighted by Crippen LogP contribution is 2.34. The Labute approximate surface area is 195 Å². The number of fused-ring (bicyclic) bond motifs is 1. The smallest absolute Gasteiger partial charge is 0.243 e. The number of nitrogens with zero attached hydrogens (tertiary/aromatic N) is 2. The molecule has 1 spiro atoms. The molecule has 33 heavy (non-hydrogen) atoms. The zero-order valence-electron chi connectivity index (χ0n) is 19.2. The van der Waals surface area contributed by atoms with Crippen molar-refractivity contribution >= 4 is 23.7 Å². The van der Waals surface area contributed by atoms with Crippen molar-refractivity contribution in [2.24, 2.45) is 5.92 Å². The number of nitrogens with one attached hydrogen (secondary N) is 2. The minimum absolute atomic E-state index is 0.0223. The Balaban J connectivity index is 1.21. The zero-order chi connectivity index (χ0) is 22.8. The maximum atomic E-state index is 13.2. The molecule has 172 valence electrons. The lowest BCUT2D eigenvalue weighted by molar-refractivity contribution is -0.143. The Hall–Kier alpha value is -2.99. The molecule has 6 nitrogen and oxygen atoms in total. The molecule has 2 amide bonds. The van der Waals surface area contributed by atoms with Crippen LogP contribution in [0, 0.1) is 5.92 Å². The second kappa shape index (κ2) is 9.10. The van der Waals surface area contributed by atoms with Crippen molar-refractivity contribution in [3.05, 3.63) is 65.4 Å². The normalized spacial score (nSPS) is 23.9. The van der Waals surface area contributed by atoms with E-state index in [2.05, 4.69) is 52.9 Å². The Morgan fingerprint density at radius 1 is 1.21 bits per heavy atom. The summed E-state index contributed by atoms with van der Waals surface area (Å²) in [7, 11) is 0. The first kappa shape index (κ1) is 21.8. The topological polar surface area (TPSA) is 74.3 Å². The Morgan fingerprint density at radius 3 is 2.82 bits per heavy atom. The Kier molecular flexibility index (Phi) is 6.02. The van der Waals surface area contributed by atoms with Crippen LogP contribution < -0.4 is 10.6 Å². The molecular weight excluding hydrogens is 412 g/mol. The summed E-state index contributed by atoms with van der Waals surface area (Å²) in [4.78, 5) is 32.1. The van der Waals surface area contributed by atoms with Crippen molar-refractivity contribution in [1.82, 2.24) is 15.2 Å². The minimum Gasteiger partial charge on any atom is -0.333 e. The predicted molar refractivity (Wildman–Crippen MR) is 130 cm³/mol. The van der Waals surface area contributed by atoms with Crippen molar-refractivity contribution < 1.29 is 9.59 Å². The molecule has 2 fully saturated rings. The average molecular weight is 445 g/mol. The van der Waals surface area contributed by atoms with Gasteiger partial charge in [0.2, 0.25) is 11.8 Å². The molecule has 2 heterocycles. The summed E-state index contributed by atoms with van der Waals surface area (Å²) in [6.45, 7) is 3.61.